The number of carbonyl (C=O) groups is 1. The van der Waals surface area contributed by atoms with Crippen molar-refractivity contribution in [2.75, 3.05) is 7.11 Å². The Morgan fingerprint density at radius 2 is 2.00 bits per heavy atom. The van der Waals surface area contributed by atoms with Gasteiger partial charge in [0.2, 0.25) is 0 Å². The molecule has 98 valence electrons. The summed E-state index contributed by atoms with van der Waals surface area (Å²) in [5.74, 6) is 0.658. The standard InChI is InChI=1S/C15H21NO2/c1-3-4-5-6-7-12-16-15(17)13-8-10-14(18-2)11-9-13/h7-12H,3-6H2,1-2H3,(H,16,17)/b12-7-. The molecule has 1 aromatic carbocycles. The molecule has 1 N–H and O–H groups in total. The van der Waals surface area contributed by atoms with Gasteiger partial charge in [0.25, 0.3) is 5.91 Å². The van der Waals surface area contributed by atoms with Crippen LogP contribution in [0, 0.1) is 0 Å². The van der Waals surface area contributed by atoms with Gasteiger partial charge in [-0.25, -0.2) is 0 Å². The molecule has 0 aliphatic carbocycles. The van der Waals surface area contributed by atoms with Crippen molar-refractivity contribution in [2.24, 2.45) is 0 Å². The first kappa shape index (κ1) is 14.3. The zero-order valence-corrected chi connectivity index (χ0v) is 11.1. The van der Waals surface area contributed by atoms with E-state index >= 15 is 0 Å². The fourth-order valence-electron chi connectivity index (χ4n) is 1.56. The Morgan fingerprint density at radius 1 is 1.28 bits per heavy atom. The highest BCUT2D eigenvalue weighted by molar-refractivity contribution is 5.94. The van der Waals surface area contributed by atoms with Gasteiger partial charge in [0, 0.05) is 11.8 Å². The van der Waals surface area contributed by atoms with Crippen molar-refractivity contribution in [1.29, 1.82) is 0 Å². The SMILES string of the molecule is CCCCC/C=C\NC(=O)c1ccc(OC)cc1. The minimum Gasteiger partial charge on any atom is -0.497 e. The van der Waals surface area contributed by atoms with Crippen LogP contribution in [0.5, 0.6) is 5.75 Å². The Bertz CT molecular complexity index is 382. The van der Waals surface area contributed by atoms with Crippen LogP contribution in [-0.2, 0) is 0 Å². The normalized spacial score (nSPS) is 10.6. The molecule has 0 aromatic heterocycles. The first-order valence-corrected chi connectivity index (χ1v) is 6.38. The number of hydrogen-bond acceptors (Lipinski definition) is 2. The van der Waals surface area contributed by atoms with Crippen molar-refractivity contribution >= 4 is 5.91 Å². The van der Waals surface area contributed by atoms with Gasteiger partial charge < -0.3 is 10.1 Å². The van der Waals surface area contributed by atoms with Crippen molar-refractivity contribution in [3.8, 4) is 5.75 Å². The van der Waals surface area contributed by atoms with Crippen LogP contribution in [0.25, 0.3) is 0 Å². The number of carbonyl (C=O) groups excluding carboxylic acids is 1. The predicted octanol–water partition coefficient (Wildman–Crippen LogP) is 3.52. The van der Waals surface area contributed by atoms with Crippen LogP contribution in [0.2, 0.25) is 0 Å². The first-order chi connectivity index (χ1) is 8.77. The van der Waals surface area contributed by atoms with E-state index < -0.39 is 0 Å². The van der Waals surface area contributed by atoms with Crippen LogP contribution in [0.4, 0.5) is 0 Å². The lowest BCUT2D eigenvalue weighted by Gasteiger charge is -2.02. The number of benzene rings is 1. The third-order valence-corrected chi connectivity index (χ3v) is 2.66. The summed E-state index contributed by atoms with van der Waals surface area (Å²) in [6.07, 6.45) is 8.35. The summed E-state index contributed by atoms with van der Waals surface area (Å²) in [6.45, 7) is 2.18. The summed E-state index contributed by atoms with van der Waals surface area (Å²) in [5, 5.41) is 2.75. The lowest BCUT2D eigenvalue weighted by molar-refractivity contribution is 0.0970. The van der Waals surface area contributed by atoms with Crippen molar-refractivity contribution in [3.05, 3.63) is 42.1 Å². The highest BCUT2D eigenvalue weighted by atomic mass is 16.5. The summed E-state index contributed by atoms with van der Waals surface area (Å²) in [7, 11) is 1.61. The van der Waals surface area contributed by atoms with Crippen molar-refractivity contribution in [2.45, 2.75) is 32.6 Å². The van der Waals surface area contributed by atoms with Crippen LogP contribution in [0.15, 0.2) is 36.5 Å². The molecule has 1 aromatic rings. The summed E-state index contributed by atoms with van der Waals surface area (Å²) in [4.78, 5) is 11.7. The Balaban J connectivity index is 2.35. The highest BCUT2D eigenvalue weighted by Crippen LogP contribution is 2.11. The van der Waals surface area contributed by atoms with E-state index in [0.717, 1.165) is 12.2 Å². The van der Waals surface area contributed by atoms with Gasteiger partial charge in [-0.1, -0.05) is 25.8 Å². The molecule has 0 unspecified atom stereocenters. The number of allylic oxidation sites excluding steroid dienone is 1. The smallest absolute Gasteiger partial charge is 0.255 e. The quantitative estimate of drug-likeness (QED) is 0.749. The minimum atomic E-state index is -0.0932. The van der Waals surface area contributed by atoms with Crippen LogP contribution >= 0.6 is 0 Å². The van der Waals surface area contributed by atoms with Crippen LogP contribution < -0.4 is 10.1 Å². The largest absolute Gasteiger partial charge is 0.497 e. The van der Waals surface area contributed by atoms with Crippen molar-refractivity contribution < 1.29 is 9.53 Å². The lowest BCUT2D eigenvalue weighted by atomic mass is 10.2. The zero-order valence-electron chi connectivity index (χ0n) is 11.1. The van der Waals surface area contributed by atoms with Gasteiger partial charge in [0.05, 0.1) is 7.11 Å². The number of amides is 1. The highest BCUT2D eigenvalue weighted by Gasteiger charge is 2.02. The predicted molar refractivity (Wildman–Crippen MR) is 73.7 cm³/mol. The Labute approximate surface area is 109 Å². The van der Waals surface area contributed by atoms with Gasteiger partial charge >= 0.3 is 0 Å². The molecule has 0 bridgehead atoms. The number of methoxy groups -OCH3 is 1. The van der Waals surface area contributed by atoms with E-state index in [2.05, 4.69) is 12.2 Å². The lowest BCUT2D eigenvalue weighted by Crippen LogP contribution is -2.16. The van der Waals surface area contributed by atoms with Crippen molar-refractivity contribution in [1.82, 2.24) is 5.32 Å². The fourth-order valence-corrected chi connectivity index (χ4v) is 1.56. The molecular formula is C15H21NO2. The molecule has 3 heteroatoms. The second kappa shape index (κ2) is 8.34. The zero-order chi connectivity index (χ0) is 13.2. The summed E-state index contributed by atoms with van der Waals surface area (Å²) < 4.78 is 5.04. The molecule has 0 saturated heterocycles. The van der Waals surface area contributed by atoms with Gasteiger partial charge in [-0.05, 0) is 37.1 Å². The van der Waals surface area contributed by atoms with Gasteiger partial charge in [0.1, 0.15) is 5.75 Å². The van der Waals surface area contributed by atoms with E-state index in [1.165, 1.54) is 19.3 Å². The number of rotatable bonds is 7. The topological polar surface area (TPSA) is 38.3 Å². The first-order valence-electron chi connectivity index (χ1n) is 6.38. The maximum absolute atomic E-state index is 11.7. The molecular weight excluding hydrogens is 226 g/mol. The second-order valence-electron chi connectivity index (χ2n) is 4.10. The Morgan fingerprint density at radius 3 is 2.61 bits per heavy atom. The molecule has 18 heavy (non-hydrogen) atoms. The van der Waals surface area contributed by atoms with Crippen LogP contribution in [-0.4, -0.2) is 13.0 Å². The second-order valence-corrected chi connectivity index (χ2v) is 4.10. The summed E-state index contributed by atoms with van der Waals surface area (Å²) >= 11 is 0. The third-order valence-electron chi connectivity index (χ3n) is 2.66. The molecule has 0 aliphatic heterocycles. The summed E-state index contributed by atoms with van der Waals surface area (Å²) in [6, 6.07) is 7.05. The maximum Gasteiger partial charge on any atom is 0.255 e. The monoisotopic (exact) mass is 247 g/mol. The molecule has 0 fully saturated rings. The molecule has 1 amide bonds. The van der Waals surface area contributed by atoms with Crippen LogP contribution in [0.3, 0.4) is 0 Å². The average molecular weight is 247 g/mol. The van der Waals surface area contributed by atoms with Gasteiger partial charge in [0.15, 0.2) is 0 Å². The molecule has 3 nitrogen and oxygen atoms in total. The van der Waals surface area contributed by atoms with Gasteiger partial charge in [-0.2, -0.15) is 0 Å². The summed E-state index contributed by atoms with van der Waals surface area (Å²) in [5.41, 5.74) is 0.633. The van der Waals surface area contributed by atoms with E-state index in [1.54, 1.807) is 37.6 Å². The van der Waals surface area contributed by atoms with Gasteiger partial charge in [-0.15, -0.1) is 0 Å². The third kappa shape index (κ3) is 5.04. The van der Waals surface area contributed by atoms with E-state index in [4.69, 9.17) is 4.74 Å². The Hall–Kier alpha value is -1.77. The number of hydrogen-bond donors (Lipinski definition) is 1. The molecule has 0 radical (unpaired) electrons. The number of ether oxygens (including phenoxy) is 1. The molecule has 0 heterocycles. The molecule has 0 spiro atoms. The van der Waals surface area contributed by atoms with E-state index in [0.29, 0.717) is 5.56 Å². The van der Waals surface area contributed by atoms with Crippen LogP contribution in [0.1, 0.15) is 43.0 Å². The average Bonchev–Trinajstić information content (AvgIpc) is 2.42. The molecule has 0 saturated carbocycles. The molecule has 0 aliphatic rings. The Kier molecular flexibility index (Phi) is 6.62. The van der Waals surface area contributed by atoms with E-state index in [1.807, 2.05) is 6.08 Å². The fraction of sp³-hybridized carbons (Fsp3) is 0.400. The maximum atomic E-state index is 11.7. The van der Waals surface area contributed by atoms with E-state index in [9.17, 15) is 4.79 Å². The number of nitrogens with one attached hydrogen (secondary N) is 1. The van der Waals surface area contributed by atoms with E-state index in [-0.39, 0.29) is 5.91 Å². The molecule has 0 atom stereocenters. The minimum absolute atomic E-state index is 0.0932. The van der Waals surface area contributed by atoms with Gasteiger partial charge in [-0.3, -0.25) is 4.79 Å². The number of unbranched alkanes of at least 4 members (excludes halogenated alkanes) is 3. The van der Waals surface area contributed by atoms with Crippen molar-refractivity contribution in [3.63, 3.8) is 0 Å². The molecule has 1 rings (SSSR count).